The zero-order valence-electron chi connectivity index (χ0n) is 17.9. The fourth-order valence-electron chi connectivity index (χ4n) is 3.75. The van der Waals surface area contributed by atoms with Gasteiger partial charge in [0.1, 0.15) is 17.7 Å². The molecule has 0 saturated heterocycles. The highest BCUT2D eigenvalue weighted by Crippen LogP contribution is 2.43. The predicted molar refractivity (Wildman–Crippen MR) is 133 cm³/mol. The lowest BCUT2D eigenvalue weighted by Gasteiger charge is -2.35. The Morgan fingerprint density at radius 1 is 0.818 bits per heavy atom. The highest BCUT2D eigenvalue weighted by atomic mass is 32.2. The van der Waals surface area contributed by atoms with Gasteiger partial charge in [-0.05, 0) is 30.0 Å². The first-order valence-electron chi connectivity index (χ1n) is 10.2. The average molecular weight is 446 g/mol. The Bertz CT molecular complexity index is 1340. The molecule has 4 nitrogen and oxygen atoms in total. The Morgan fingerprint density at radius 3 is 1.91 bits per heavy atom. The van der Waals surface area contributed by atoms with Gasteiger partial charge in [0, 0.05) is 16.8 Å². The van der Waals surface area contributed by atoms with Crippen molar-refractivity contribution >= 4 is 28.9 Å². The van der Waals surface area contributed by atoms with Crippen LogP contribution in [0.15, 0.2) is 119 Å². The lowest BCUT2D eigenvalue weighted by atomic mass is 9.89. The van der Waals surface area contributed by atoms with E-state index >= 15 is 0 Å². The molecule has 0 aliphatic carbocycles. The van der Waals surface area contributed by atoms with Crippen molar-refractivity contribution in [1.29, 1.82) is 10.5 Å². The van der Waals surface area contributed by atoms with E-state index in [0.717, 1.165) is 16.9 Å². The van der Waals surface area contributed by atoms with E-state index in [-0.39, 0.29) is 11.4 Å². The molecule has 158 valence electrons. The van der Waals surface area contributed by atoms with Crippen LogP contribution in [0.1, 0.15) is 15.9 Å². The second kappa shape index (κ2) is 9.87. The number of allylic oxidation sites excluding steroid dienone is 4. The molecule has 0 bridgehead atoms. The summed E-state index contributed by atoms with van der Waals surface area (Å²) in [4.78, 5) is 15.8. The van der Waals surface area contributed by atoms with Crippen LogP contribution in [0.2, 0.25) is 0 Å². The highest BCUT2D eigenvalue weighted by Gasteiger charge is 2.33. The average Bonchev–Trinajstić information content (AvgIpc) is 2.89. The minimum Gasteiger partial charge on any atom is -0.304 e. The van der Waals surface area contributed by atoms with Crippen LogP contribution in [0.4, 0.5) is 5.69 Å². The summed E-state index contributed by atoms with van der Waals surface area (Å²) in [5.74, 6) is -0.234. The van der Waals surface area contributed by atoms with E-state index in [1.54, 1.807) is 30.3 Å². The van der Waals surface area contributed by atoms with Gasteiger partial charge in [-0.15, -0.1) is 11.8 Å². The van der Waals surface area contributed by atoms with E-state index in [4.69, 9.17) is 0 Å². The second-order valence-electron chi connectivity index (χ2n) is 7.16. The molecule has 0 fully saturated rings. The van der Waals surface area contributed by atoms with Gasteiger partial charge >= 0.3 is 0 Å². The van der Waals surface area contributed by atoms with Crippen LogP contribution in [0, 0.1) is 22.7 Å². The van der Waals surface area contributed by atoms with Crippen molar-refractivity contribution in [3.05, 3.63) is 130 Å². The first kappa shape index (κ1) is 21.9. The number of anilines is 1. The molecule has 0 atom stereocenters. The standard InChI is InChI=1S/C28H19N3OS/c1-33-28-26(27(32)21-13-7-3-8-14-21)24(22(18-29)19-30)17-25(20-11-5-2-6-12-20)31(28)23-15-9-4-10-16-23/h2-17H,1H3. The Balaban J connectivity index is 2.07. The molecule has 5 heteroatoms. The largest absolute Gasteiger partial charge is 0.304 e. The monoisotopic (exact) mass is 445 g/mol. The molecule has 1 heterocycles. The fourth-order valence-corrected chi connectivity index (χ4v) is 4.55. The van der Waals surface area contributed by atoms with Crippen LogP contribution in [0.5, 0.6) is 0 Å². The number of ketones is 1. The summed E-state index contributed by atoms with van der Waals surface area (Å²) < 4.78 is 0. The fraction of sp³-hybridized carbons (Fsp3) is 0.0357. The molecule has 0 unspecified atom stereocenters. The molecule has 0 amide bonds. The number of hydrogen-bond acceptors (Lipinski definition) is 5. The molecule has 1 aliphatic rings. The number of nitrogens with zero attached hydrogens (tertiary/aromatic N) is 3. The smallest absolute Gasteiger partial charge is 0.196 e. The van der Waals surface area contributed by atoms with E-state index < -0.39 is 0 Å². The van der Waals surface area contributed by atoms with Gasteiger partial charge < -0.3 is 4.90 Å². The summed E-state index contributed by atoms with van der Waals surface area (Å²) in [7, 11) is 0. The number of Topliss-reactive ketones (excluding diaryl/α,β-unsaturated/α-hetero) is 1. The zero-order valence-corrected chi connectivity index (χ0v) is 18.7. The maximum absolute atomic E-state index is 13.8. The van der Waals surface area contributed by atoms with Crippen LogP contribution in [-0.2, 0) is 0 Å². The summed E-state index contributed by atoms with van der Waals surface area (Å²) in [6.07, 6.45) is 3.67. The van der Waals surface area contributed by atoms with Gasteiger partial charge in [0.15, 0.2) is 5.78 Å². The van der Waals surface area contributed by atoms with Crippen LogP contribution in [0.25, 0.3) is 5.70 Å². The SMILES string of the molecule is CSC1=C(C(=O)c2ccccc2)C(=C(C#N)C#N)C=C(c2ccccc2)N1c1ccccc1. The summed E-state index contributed by atoms with van der Waals surface area (Å²) in [5.41, 5.74) is 3.66. The minimum absolute atomic E-state index is 0.0954. The van der Waals surface area contributed by atoms with Crippen molar-refractivity contribution in [3.8, 4) is 12.1 Å². The van der Waals surface area contributed by atoms with E-state index in [2.05, 4.69) is 0 Å². The number of nitriles is 2. The van der Waals surface area contributed by atoms with E-state index in [1.165, 1.54) is 11.8 Å². The number of hydrogen-bond donors (Lipinski definition) is 0. The minimum atomic E-state index is -0.234. The molecule has 3 aromatic carbocycles. The van der Waals surface area contributed by atoms with E-state index in [1.807, 2.05) is 90.0 Å². The number of para-hydroxylation sites is 1. The van der Waals surface area contributed by atoms with Gasteiger partial charge in [-0.1, -0.05) is 78.9 Å². The summed E-state index contributed by atoms with van der Waals surface area (Å²) in [6, 6.07) is 32.4. The number of carbonyl (C=O) groups excluding carboxylic acids is 1. The highest BCUT2D eigenvalue weighted by molar-refractivity contribution is 8.02. The maximum Gasteiger partial charge on any atom is 0.196 e. The van der Waals surface area contributed by atoms with E-state index in [9.17, 15) is 15.3 Å². The first-order chi connectivity index (χ1) is 16.2. The lowest BCUT2D eigenvalue weighted by molar-refractivity contribution is 0.103. The number of rotatable bonds is 5. The third-order valence-corrected chi connectivity index (χ3v) is 6.01. The van der Waals surface area contributed by atoms with Gasteiger partial charge in [0.2, 0.25) is 0 Å². The number of benzene rings is 3. The van der Waals surface area contributed by atoms with E-state index in [0.29, 0.717) is 21.7 Å². The van der Waals surface area contributed by atoms with Crippen LogP contribution < -0.4 is 4.90 Å². The molecular weight excluding hydrogens is 426 g/mol. The molecule has 0 aromatic heterocycles. The molecule has 0 radical (unpaired) electrons. The van der Waals surface area contributed by atoms with Crippen molar-refractivity contribution in [2.45, 2.75) is 0 Å². The van der Waals surface area contributed by atoms with Crippen molar-refractivity contribution in [3.63, 3.8) is 0 Å². The summed E-state index contributed by atoms with van der Waals surface area (Å²) >= 11 is 1.41. The molecule has 33 heavy (non-hydrogen) atoms. The van der Waals surface area contributed by atoms with Crippen LogP contribution >= 0.6 is 11.8 Å². The predicted octanol–water partition coefficient (Wildman–Crippen LogP) is 6.35. The van der Waals surface area contributed by atoms with Gasteiger partial charge in [-0.3, -0.25) is 4.79 Å². The quantitative estimate of drug-likeness (QED) is 0.338. The van der Waals surface area contributed by atoms with Crippen molar-refractivity contribution < 1.29 is 4.79 Å². The van der Waals surface area contributed by atoms with Gasteiger partial charge in [0.05, 0.1) is 16.3 Å². The molecule has 0 spiro atoms. The van der Waals surface area contributed by atoms with Crippen LogP contribution in [0.3, 0.4) is 0 Å². The molecule has 4 rings (SSSR count). The number of carbonyl (C=O) groups is 1. The number of thioether (sulfide) groups is 1. The van der Waals surface area contributed by atoms with Gasteiger partial charge in [-0.2, -0.15) is 10.5 Å². The normalized spacial score (nSPS) is 13.1. The Kier molecular flexibility index (Phi) is 6.55. The zero-order chi connectivity index (χ0) is 23.2. The first-order valence-corrected chi connectivity index (χ1v) is 11.5. The summed E-state index contributed by atoms with van der Waals surface area (Å²) in [5, 5.41) is 20.1. The van der Waals surface area contributed by atoms with Gasteiger partial charge in [-0.25, -0.2) is 0 Å². The Labute approximate surface area is 197 Å². The summed E-state index contributed by atoms with van der Waals surface area (Å²) in [6.45, 7) is 0. The molecule has 3 aromatic rings. The third-order valence-electron chi connectivity index (χ3n) is 5.24. The van der Waals surface area contributed by atoms with Crippen molar-refractivity contribution in [1.82, 2.24) is 0 Å². The second-order valence-corrected chi connectivity index (χ2v) is 7.95. The molecule has 1 aliphatic heterocycles. The molecular formula is C28H19N3OS. The van der Waals surface area contributed by atoms with Crippen LogP contribution in [-0.4, -0.2) is 12.0 Å². The molecule has 0 N–H and O–H groups in total. The lowest BCUT2D eigenvalue weighted by Crippen LogP contribution is -2.27. The van der Waals surface area contributed by atoms with Crippen molar-refractivity contribution in [2.75, 3.05) is 11.2 Å². The van der Waals surface area contributed by atoms with Crippen molar-refractivity contribution in [2.24, 2.45) is 0 Å². The Morgan fingerprint density at radius 2 is 1.36 bits per heavy atom. The van der Waals surface area contributed by atoms with Gasteiger partial charge in [0.25, 0.3) is 0 Å². The molecule has 0 saturated carbocycles. The topological polar surface area (TPSA) is 67.9 Å². The maximum atomic E-state index is 13.8. The third kappa shape index (κ3) is 4.23. The Hall–Kier alpha value is -4.32.